The zero-order chi connectivity index (χ0) is 18.1. The Bertz CT molecular complexity index is 260. The van der Waals surface area contributed by atoms with Crippen molar-refractivity contribution >= 4 is 18.4 Å². The fraction of sp³-hybridized carbons (Fsp3) is 0.913. The Labute approximate surface area is 159 Å². The van der Waals surface area contributed by atoms with E-state index in [-0.39, 0.29) is 0 Å². The Kier molecular flexibility index (Phi) is 17.4. The summed E-state index contributed by atoms with van der Waals surface area (Å²) < 4.78 is 6.61. The summed E-state index contributed by atoms with van der Waals surface area (Å²) in [5, 5.41) is 0. The van der Waals surface area contributed by atoms with Gasteiger partial charge in [0.05, 0.1) is 0 Å². The van der Waals surface area contributed by atoms with E-state index >= 15 is 0 Å². The van der Waals surface area contributed by atoms with E-state index < -0.39 is 18.4 Å². The molecule has 0 aliphatic rings. The molecule has 0 aromatic carbocycles. The van der Waals surface area contributed by atoms with Crippen LogP contribution >= 0.6 is 0 Å². The van der Waals surface area contributed by atoms with Crippen LogP contribution in [0.15, 0.2) is 10.2 Å². The van der Waals surface area contributed by atoms with E-state index in [4.69, 9.17) is 6.58 Å². The zero-order valence-corrected chi connectivity index (χ0v) is 20.6. The summed E-state index contributed by atoms with van der Waals surface area (Å²) in [7, 11) is 0. The minimum atomic E-state index is -2.11. The van der Waals surface area contributed by atoms with Gasteiger partial charge >= 0.3 is 159 Å². The first-order valence-electron chi connectivity index (χ1n) is 11.3. The van der Waals surface area contributed by atoms with E-state index in [1.165, 1.54) is 89.9 Å². The van der Waals surface area contributed by atoms with E-state index in [1.807, 2.05) is 3.59 Å². The van der Waals surface area contributed by atoms with Crippen LogP contribution in [0.2, 0.25) is 13.3 Å². The number of allylic oxidation sites excluding steroid dienone is 1. The van der Waals surface area contributed by atoms with Gasteiger partial charge in [0.15, 0.2) is 0 Å². The van der Waals surface area contributed by atoms with E-state index in [0.29, 0.717) is 0 Å². The standard InChI is InChI=1S/C11H21.3C4H9.Sn/c1-3-5-7-9-11-10-8-6-4-2;3*1-3-4-2;/h1,4-11H2,2H3;3*1,3-4H2,2H3;. The van der Waals surface area contributed by atoms with Gasteiger partial charge in [0.1, 0.15) is 0 Å². The van der Waals surface area contributed by atoms with Crippen LogP contribution in [0.3, 0.4) is 0 Å². The van der Waals surface area contributed by atoms with Gasteiger partial charge in [0.25, 0.3) is 0 Å². The third-order valence-corrected chi connectivity index (χ3v) is 22.1. The van der Waals surface area contributed by atoms with Gasteiger partial charge < -0.3 is 0 Å². The SMILES string of the molecule is C=[C](CCCCCCCCC)[Sn]([CH2]CCC)([CH2]CCC)[CH2]CCC. The molecule has 144 valence electrons. The summed E-state index contributed by atoms with van der Waals surface area (Å²) in [5.41, 5.74) is 0. The first-order chi connectivity index (χ1) is 11.7. The van der Waals surface area contributed by atoms with Gasteiger partial charge in [0.2, 0.25) is 0 Å². The maximum absolute atomic E-state index is 4.73. The second-order valence-electron chi connectivity index (χ2n) is 8.07. The van der Waals surface area contributed by atoms with Crippen molar-refractivity contribution in [3.05, 3.63) is 10.2 Å². The van der Waals surface area contributed by atoms with Crippen LogP contribution in [0, 0.1) is 0 Å². The van der Waals surface area contributed by atoms with Crippen molar-refractivity contribution in [2.24, 2.45) is 0 Å². The Hall–Kier alpha value is 0.539. The van der Waals surface area contributed by atoms with Crippen LogP contribution in [-0.4, -0.2) is 18.4 Å². The van der Waals surface area contributed by atoms with Crippen molar-refractivity contribution in [2.45, 2.75) is 131 Å². The minimum absolute atomic E-state index is 1.36. The first-order valence-corrected chi connectivity index (χ1v) is 18.8. The molecule has 24 heavy (non-hydrogen) atoms. The van der Waals surface area contributed by atoms with Crippen LogP contribution in [0.4, 0.5) is 0 Å². The molecular formula is C23H48Sn. The van der Waals surface area contributed by atoms with Crippen molar-refractivity contribution in [3.63, 3.8) is 0 Å². The van der Waals surface area contributed by atoms with E-state index in [2.05, 4.69) is 27.7 Å². The van der Waals surface area contributed by atoms with Gasteiger partial charge in [-0.05, 0) is 0 Å². The third-order valence-electron chi connectivity index (χ3n) is 5.86. The summed E-state index contributed by atoms with van der Waals surface area (Å²) in [6, 6.07) is 0. The quantitative estimate of drug-likeness (QED) is 0.146. The Morgan fingerprint density at radius 1 is 0.542 bits per heavy atom. The number of hydrogen-bond donors (Lipinski definition) is 0. The fourth-order valence-electron chi connectivity index (χ4n) is 4.01. The van der Waals surface area contributed by atoms with Gasteiger partial charge in [-0.3, -0.25) is 0 Å². The third kappa shape index (κ3) is 11.2. The van der Waals surface area contributed by atoms with Crippen molar-refractivity contribution in [3.8, 4) is 0 Å². The van der Waals surface area contributed by atoms with Crippen molar-refractivity contribution in [1.29, 1.82) is 0 Å². The number of rotatable bonds is 18. The number of unbranched alkanes of at least 4 members (excludes halogenated alkanes) is 9. The van der Waals surface area contributed by atoms with Crippen LogP contribution in [-0.2, 0) is 0 Å². The molecule has 0 heterocycles. The van der Waals surface area contributed by atoms with Gasteiger partial charge in [0, 0.05) is 0 Å². The predicted molar refractivity (Wildman–Crippen MR) is 117 cm³/mol. The molecule has 0 radical (unpaired) electrons. The van der Waals surface area contributed by atoms with E-state index in [9.17, 15) is 0 Å². The molecule has 0 unspecified atom stereocenters. The summed E-state index contributed by atoms with van der Waals surface area (Å²) in [6.07, 6.45) is 19.9. The molecule has 0 aliphatic heterocycles. The Morgan fingerprint density at radius 2 is 0.917 bits per heavy atom. The first kappa shape index (κ1) is 24.5. The molecular weight excluding hydrogens is 395 g/mol. The predicted octanol–water partition coefficient (Wildman–Crippen LogP) is 9.07. The molecule has 0 bridgehead atoms. The summed E-state index contributed by atoms with van der Waals surface area (Å²) in [5.74, 6) is 0. The van der Waals surface area contributed by atoms with Crippen LogP contribution < -0.4 is 0 Å². The normalized spacial score (nSPS) is 11.8. The molecule has 0 rings (SSSR count). The molecule has 0 aliphatic carbocycles. The molecule has 0 N–H and O–H groups in total. The van der Waals surface area contributed by atoms with Crippen LogP contribution in [0.25, 0.3) is 0 Å². The van der Waals surface area contributed by atoms with E-state index in [0.717, 1.165) is 0 Å². The molecule has 0 fully saturated rings. The van der Waals surface area contributed by atoms with Gasteiger partial charge in [-0.25, -0.2) is 0 Å². The van der Waals surface area contributed by atoms with Crippen molar-refractivity contribution in [2.75, 3.05) is 0 Å². The molecule has 0 aromatic heterocycles. The van der Waals surface area contributed by atoms with Crippen molar-refractivity contribution in [1.82, 2.24) is 0 Å². The van der Waals surface area contributed by atoms with Gasteiger partial charge in [-0.1, -0.05) is 0 Å². The monoisotopic (exact) mass is 444 g/mol. The molecule has 0 aromatic rings. The summed E-state index contributed by atoms with van der Waals surface area (Å²) in [6.45, 7) is 14.1. The second-order valence-corrected chi connectivity index (χ2v) is 21.7. The maximum atomic E-state index is 4.73. The van der Waals surface area contributed by atoms with Crippen molar-refractivity contribution < 1.29 is 0 Å². The van der Waals surface area contributed by atoms with Crippen LogP contribution in [0.5, 0.6) is 0 Å². The Morgan fingerprint density at radius 3 is 1.33 bits per heavy atom. The summed E-state index contributed by atoms with van der Waals surface area (Å²) in [4.78, 5) is 0. The second kappa shape index (κ2) is 17.0. The average Bonchev–Trinajstić information content (AvgIpc) is 2.60. The topological polar surface area (TPSA) is 0 Å². The molecule has 0 amide bonds. The fourth-order valence-corrected chi connectivity index (χ4v) is 20.0. The molecule has 0 atom stereocenters. The Balaban J connectivity index is 4.45. The number of hydrogen-bond acceptors (Lipinski definition) is 0. The van der Waals surface area contributed by atoms with E-state index in [1.54, 1.807) is 13.3 Å². The zero-order valence-electron chi connectivity index (χ0n) is 17.7. The van der Waals surface area contributed by atoms with Crippen LogP contribution in [0.1, 0.15) is 118 Å². The molecule has 1 heteroatoms. The average molecular weight is 443 g/mol. The summed E-state index contributed by atoms with van der Waals surface area (Å²) >= 11 is -2.11. The molecule has 0 saturated carbocycles. The molecule has 0 saturated heterocycles. The van der Waals surface area contributed by atoms with Gasteiger partial charge in [-0.15, -0.1) is 0 Å². The van der Waals surface area contributed by atoms with Gasteiger partial charge in [-0.2, -0.15) is 0 Å². The molecule has 0 spiro atoms. The molecule has 0 nitrogen and oxygen atoms in total.